The Morgan fingerprint density at radius 3 is 2.39 bits per heavy atom. The van der Waals surface area contributed by atoms with E-state index in [2.05, 4.69) is 34.3 Å². The third-order valence-corrected chi connectivity index (χ3v) is 2.56. The summed E-state index contributed by atoms with van der Waals surface area (Å²) in [5.74, 6) is 0. The van der Waals surface area contributed by atoms with Gasteiger partial charge in [-0.2, -0.15) is 0 Å². The highest BCUT2D eigenvalue weighted by Gasteiger charge is 1.89. The quantitative estimate of drug-likeness (QED) is 0.412. The molecule has 0 amide bonds. The zero-order chi connectivity index (χ0) is 12.6. The van der Waals surface area contributed by atoms with Gasteiger partial charge in [-0.15, -0.1) is 0 Å². The van der Waals surface area contributed by atoms with Crippen molar-refractivity contribution in [1.29, 1.82) is 0 Å². The van der Waals surface area contributed by atoms with Crippen molar-refractivity contribution in [2.75, 3.05) is 0 Å². The minimum atomic E-state index is 0.637. The fraction of sp³-hybridized carbons (Fsp3) is 0.0667. The van der Waals surface area contributed by atoms with Gasteiger partial charge in [-0.3, -0.25) is 0 Å². The van der Waals surface area contributed by atoms with Crippen LogP contribution in [-0.2, 0) is 6.42 Å². The van der Waals surface area contributed by atoms with E-state index < -0.39 is 0 Å². The monoisotopic (exact) mass is 235 g/mol. The molecule has 0 aliphatic carbocycles. The van der Waals surface area contributed by atoms with Crippen LogP contribution in [0.25, 0.3) is 16.5 Å². The molecule has 0 fully saturated rings. The number of hydrogen-bond acceptors (Lipinski definition) is 1. The van der Waals surface area contributed by atoms with E-state index in [1.165, 1.54) is 5.56 Å². The number of rotatable bonds is 4. The Morgan fingerprint density at radius 2 is 1.72 bits per heavy atom. The van der Waals surface area contributed by atoms with E-state index in [4.69, 9.17) is 5.53 Å². The number of allylic oxidation sites excluding steroid dienone is 1. The lowest BCUT2D eigenvalue weighted by Gasteiger charge is -1.96. The molecule has 2 rings (SSSR count). The summed E-state index contributed by atoms with van der Waals surface area (Å²) in [6, 6.07) is 17.8. The molecule has 0 aromatic heterocycles. The summed E-state index contributed by atoms with van der Waals surface area (Å²) in [7, 11) is 0. The predicted octanol–water partition coefficient (Wildman–Crippen LogP) is 4.88. The molecule has 18 heavy (non-hydrogen) atoms. The molecule has 0 spiro atoms. The zero-order valence-electron chi connectivity index (χ0n) is 9.90. The van der Waals surface area contributed by atoms with Gasteiger partial charge in [0.15, 0.2) is 0 Å². The first-order valence-electron chi connectivity index (χ1n) is 5.74. The van der Waals surface area contributed by atoms with E-state index in [1.54, 1.807) is 0 Å². The summed E-state index contributed by atoms with van der Waals surface area (Å²) in [5.41, 5.74) is 11.3. The molecule has 0 saturated carbocycles. The summed E-state index contributed by atoms with van der Waals surface area (Å²) in [5, 5.41) is 3.53. The lowest BCUT2D eigenvalue weighted by Crippen LogP contribution is -1.78. The minimum Gasteiger partial charge on any atom is -0.0795 e. The molecule has 88 valence electrons. The molecule has 2 aromatic rings. The van der Waals surface area contributed by atoms with Crippen molar-refractivity contribution < 1.29 is 0 Å². The Kier molecular flexibility index (Phi) is 4.17. The number of nitrogens with zero attached hydrogens (tertiary/aromatic N) is 3. The lowest BCUT2D eigenvalue weighted by molar-refractivity contribution is 1.28. The third kappa shape index (κ3) is 3.51. The van der Waals surface area contributed by atoms with E-state index in [1.807, 2.05) is 42.5 Å². The molecule has 0 atom stereocenters. The van der Waals surface area contributed by atoms with Gasteiger partial charge in [0.05, 0.1) is 0 Å². The van der Waals surface area contributed by atoms with Crippen LogP contribution < -0.4 is 0 Å². The Bertz CT molecular complexity index is 564. The van der Waals surface area contributed by atoms with Crippen LogP contribution in [0.2, 0.25) is 0 Å². The maximum atomic E-state index is 8.30. The Morgan fingerprint density at radius 1 is 1.00 bits per heavy atom. The average molecular weight is 235 g/mol. The molecule has 0 aliphatic rings. The first-order chi connectivity index (χ1) is 8.88. The number of azide groups is 1. The lowest BCUT2D eigenvalue weighted by atomic mass is 10.1. The smallest absolute Gasteiger partial charge is 0.0375 e. The summed E-state index contributed by atoms with van der Waals surface area (Å²) in [6.07, 6.45) is 5.10. The topological polar surface area (TPSA) is 48.8 Å². The zero-order valence-corrected chi connectivity index (χ0v) is 9.90. The maximum Gasteiger partial charge on any atom is 0.0375 e. The highest BCUT2D eigenvalue weighted by molar-refractivity contribution is 5.53. The fourth-order valence-electron chi connectivity index (χ4n) is 1.65. The second kappa shape index (κ2) is 6.28. The third-order valence-electron chi connectivity index (χ3n) is 2.56. The van der Waals surface area contributed by atoms with Crippen LogP contribution in [0.4, 0.5) is 5.69 Å². The van der Waals surface area contributed by atoms with Crippen LogP contribution in [0, 0.1) is 0 Å². The number of benzene rings is 2. The SMILES string of the molecule is [N-]=[N+]=Nc1ccc(C=CCc2ccccc2)cc1. The van der Waals surface area contributed by atoms with Gasteiger partial charge in [-0.05, 0) is 23.1 Å². The Balaban J connectivity index is 1.99. The summed E-state index contributed by atoms with van der Waals surface area (Å²) in [6.45, 7) is 0. The van der Waals surface area contributed by atoms with Gasteiger partial charge < -0.3 is 0 Å². The van der Waals surface area contributed by atoms with Crippen LogP contribution in [0.3, 0.4) is 0 Å². The molecule has 3 heteroatoms. The first-order valence-corrected chi connectivity index (χ1v) is 5.74. The number of hydrogen-bond donors (Lipinski definition) is 0. The maximum absolute atomic E-state index is 8.30. The van der Waals surface area contributed by atoms with E-state index in [-0.39, 0.29) is 0 Å². The van der Waals surface area contributed by atoms with E-state index in [0.29, 0.717) is 5.69 Å². The minimum absolute atomic E-state index is 0.637. The van der Waals surface area contributed by atoms with Gasteiger partial charge in [-0.25, -0.2) is 0 Å². The van der Waals surface area contributed by atoms with Crippen molar-refractivity contribution in [3.8, 4) is 0 Å². The van der Waals surface area contributed by atoms with E-state index in [0.717, 1.165) is 12.0 Å². The molecule has 2 aromatic carbocycles. The predicted molar refractivity (Wildman–Crippen MR) is 74.4 cm³/mol. The van der Waals surface area contributed by atoms with Crippen molar-refractivity contribution in [3.05, 3.63) is 82.2 Å². The van der Waals surface area contributed by atoms with Crippen molar-refractivity contribution in [3.63, 3.8) is 0 Å². The molecule has 0 heterocycles. The summed E-state index contributed by atoms with van der Waals surface area (Å²) >= 11 is 0. The molecular weight excluding hydrogens is 222 g/mol. The normalized spacial score (nSPS) is 10.2. The largest absolute Gasteiger partial charge is 0.0795 e. The molecule has 0 unspecified atom stereocenters. The first kappa shape index (κ1) is 12.0. The molecule has 0 N–H and O–H groups in total. The van der Waals surface area contributed by atoms with Crippen molar-refractivity contribution >= 4 is 11.8 Å². The fourth-order valence-corrected chi connectivity index (χ4v) is 1.65. The molecule has 0 bridgehead atoms. The highest BCUT2D eigenvalue weighted by Crippen LogP contribution is 2.14. The average Bonchev–Trinajstić information content (AvgIpc) is 2.42. The van der Waals surface area contributed by atoms with Crippen molar-refractivity contribution in [2.45, 2.75) is 6.42 Å². The second-order valence-corrected chi connectivity index (χ2v) is 3.87. The van der Waals surface area contributed by atoms with Crippen LogP contribution in [0.1, 0.15) is 11.1 Å². The second-order valence-electron chi connectivity index (χ2n) is 3.87. The van der Waals surface area contributed by atoms with Gasteiger partial charge in [0.25, 0.3) is 0 Å². The van der Waals surface area contributed by atoms with E-state index >= 15 is 0 Å². The molecular formula is C15H13N3. The van der Waals surface area contributed by atoms with Crippen LogP contribution >= 0.6 is 0 Å². The van der Waals surface area contributed by atoms with Gasteiger partial charge in [0, 0.05) is 10.6 Å². The Hall–Kier alpha value is -2.51. The standard InChI is InChI=1S/C15H13N3/c16-18-17-15-11-9-14(10-12-15)8-4-7-13-5-2-1-3-6-13/h1-6,8-12H,7H2. The van der Waals surface area contributed by atoms with Gasteiger partial charge in [-0.1, -0.05) is 71.9 Å². The molecule has 0 radical (unpaired) electrons. The molecule has 0 aliphatic heterocycles. The molecule has 3 nitrogen and oxygen atoms in total. The Labute approximate surface area is 106 Å². The van der Waals surface area contributed by atoms with Gasteiger partial charge in [0.2, 0.25) is 0 Å². The van der Waals surface area contributed by atoms with Crippen LogP contribution in [-0.4, -0.2) is 0 Å². The highest BCUT2D eigenvalue weighted by atomic mass is 15.1. The summed E-state index contributed by atoms with van der Waals surface area (Å²) in [4.78, 5) is 2.74. The van der Waals surface area contributed by atoms with Crippen LogP contribution in [0.5, 0.6) is 0 Å². The van der Waals surface area contributed by atoms with Crippen LogP contribution in [0.15, 0.2) is 65.8 Å². The summed E-state index contributed by atoms with van der Waals surface area (Å²) < 4.78 is 0. The van der Waals surface area contributed by atoms with Gasteiger partial charge >= 0.3 is 0 Å². The van der Waals surface area contributed by atoms with Crippen molar-refractivity contribution in [1.82, 2.24) is 0 Å². The molecule has 0 saturated heterocycles. The van der Waals surface area contributed by atoms with Gasteiger partial charge in [0.1, 0.15) is 0 Å². The van der Waals surface area contributed by atoms with E-state index in [9.17, 15) is 0 Å². The van der Waals surface area contributed by atoms with Crippen molar-refractivity contribution in [2.24, 2.45) is 5.11 Å².